The van der Waals surface area contributed by atoms with E-state index < -0.39 is 11.7 Å². The van der Waals surface area contributed by atoms with Crippen molar-refractivity contribution in [3.63, 3.8) is 0 Å². The molecule has 0 atom stereocenters. The smallest absolute Gasteiger partial charge is 0.416 e. The van der Waals surface area contributed by atoms with Crippen molar-refractivity contribution in [3.8, 4) is 11.5 Å². The number of carbonyl (C=O) groups is 1. The van der Waals surface area contributed by atoms with Gasteiger partial charge in [0.1, 0.15) is 5.52 Å². The van der Waals surface area contributed by atoms with Gasteiger partial charge < -0.3 is 20.4 Å². The van der Waals surface area contributed by atoms with Gasteiger partial charge in [-0.05, 0) is 60.7 Å². The summed E-state index contributed by atoms with van der Waals surface area (Å²) in [5.41, 5.74) is 10.2. The fourth-order valence-electron chi connectivity index (χ4n) is 4.49. The van der Waals surface area contributed by atoms with Crippen LogP contribution in [0.3, 0.4) is 0 Å². The Labute approximate surface area is 239 Å². The van der Waals surface area contributed by atoms with Crippen LogP contribution in [0.1, 0.15) is 14.9 Å². The molecule has 1 aliphatic heterocycles. The summed E-state index contributed by atoms with van der Waals surface area (Å²) in [6.07, 6.45) is -4.35. The third kappa shape index (κ3) is 6.39. The van der Waals surface area contributed by atoms with Crippen molar-refractivity contribution >= 4 is 65.9 Å². The molecule has 0 saturated carbocycles. The quantitative estimate of drug-likeness (QED) is 0.177. The fourth-order valence-corrected chi connectivity index (χ4v) is 5.17. The van der Waals surface area contributed by atoms with Gasteiger partial charge in [0.15, 0.2) is 5.58 Å². The Balaban J connectivity index is 1.15. The largest absolute Gasteiger partial charge is 0.436 e. The number of aromatic nitrogens is 1. The molecule has 2 heterocycles. The lowest BCUT2D eigenvalue weighted by Gasteiger charge is -2.35. The first-order valence-electron chi connectivity index (χ1n) is 12.1. The Morgan fingerprint density at radius 1 is 1.03 bits per heavy atom. The summed E-state index contributed by atoms with van der Waals surface area (Å²) in [5, 5.41) is 2.91. The molecule has 1 saturated heterocycles. The number of fused-ring (bicyclic) bond motifs is 1. The second kappa shape index (κ2) is 11.2. The van der Waals surface area contributed by atoms with Gasteiger partial charge in [-0.15, -0.1) is 0 Å². The number of anilines is 3. The Bertz CT molecular complexity index is 1470. The van der Waals surface area contributed by atoms with Crippen molar-refractivity contribution in [2.75, 3.05) is 48.7 Å². The fraction of sp³-hybridized carbons (Fsp3) is 0.259. The number of benzene rings is 3. The second-order valence-electron chi connectivity index (χ2n) is 9.21. The van der Waals surface area contributed by atoms with E-state index in [4.69, 9.17) is 10.2 Å². The highest BCUT2D eigenvalue weighted by Crippen LogP contribution is 2.38. The van der Waals surface area contributed by atoms with Crippen LogP contribution in [-0.4, -0.2) is 48.5 Å². The van der Waals surface area contributed by atoms with Crippen LogP contribution >= 0.6 is 31.9 Å². The Kier molecular flexibility index (Phi) is 7.88. The molecule has 7 nitrogen and oxygen atoms in total. The molecule has 0 bridgehead atoms. The van der Waals surface area contributed by atoms with Gasteiger partial charge in [0.2, 0.25) is 11.8 Å². The first-order valence-corrected chi connectivity index (χ1v) is 13.9. The lowest BCUT2D eigenvalue weighted by Crippen LogP contribution is -2.48. The van der Waals surface area contributed by atoms with E-state index in [1.54, 1.807) is 18.2 Å². The van der Waals surface area contributed by atoms with E-state index in [0.717, 1.165) is 28.9 Å². The zero-order valence-electron chi connectivity index (χ0n) is 20.5. The molecule has 3 N–H and O–H groups in total. The Morgan fingerprint density at radius 3 is 2.31 bits per heavy atom. The van der Waals surface area contributed by atoms with Gasteiger partial charge in [0, 0.05) is 54.4 Å². The standard InChI is InChI=1S/C27H24Br2F3N5O2/c28-25(29)21-13-18(33)14-22-24(21)39-26(35-22)16-1-5-19(6-2-16)34-23(38)15-36-9-11-37(12-10-36)20-7-3-17(4-8-20)27(30,31)32/h1-8,13-14,25H,9-12,15,33H2,(H,34,38). The van der Waals surface area contributed by atoms with Crippen LogP contribution in [-0.2, 0) is 11.0 Å². The molecule has 204 valence electrons. The van der Waals surface area contributed by atoms with Crippen molar-refractivity contribution in [2.24, 2.45) is 0 Å². The topological polar surface area (TPSA) is 87.6 Å². The molecule has 0 spiro atoms. The number of hydrogen-bond acceptors (Lipinski definition) is 6. The molecule has 39 heavy (non-hydrogen) atoms. The molecule has 5 rings (SSSR count). The van der Waals surface area contributed by atoms with Crippen molar-refractivity contribution in [2.45, 2.75) is 9.91 Å². The number of rotatable bonds is 6. The summed E-state index contributed by atoms with van der Waals surface area (Å²) in [4.78, 5) is 21.2. The van der Waals surface area contributed by atoms with E-state index in [1.165, 1.54) is 12.1 Å². The van der Waals surface area contributed by atoms with Crippen LogP contribution in [0.4, 0.5) is 30.2 Å². The van der Waals surface area contributed by atoms with Gasteiger partial charge in [0.25, 0.3) is 0 Å². The van der Waals surface area contributed by atoms with Gasteiger partial charge in [-0.25, -0.2) is 4.98 Å². The van der Waals surface area contributed by atoms with E-state index >= 15 is 0 Å². The molecule has 1 aromatic heterocycles. The maximum atomic E-state index is 12.8. The molecular formula is C27H24Br2F3N5O2. The predicted molar refractivity (Wildman–Crippen MR) is 153 cm³/mol. The Morgan fingerprint density at radius 2 is 1.69 bits per heavy atom. The minimum Gasteiger partial charge on any atom is -0.436 e. The number of nitrogen functional groups attached to an aromatic ring is 1. The molecule has 1 aliphatic rings. The minimum absolute atomic E-state index is 0.137. The van der Waals surface area contributed by atoms with Gasteiger partial charge in [-0.2, -0.15) is 13.2 Å². The highest BCUT2D eigenvalue weighted by atomic mass is 79.9. The number of amides is 1. The molecule has 0 aliphatic carbocycles. The third-order valence-electron chi connectivity index (χ3n) is 6.49. The summed E-state index contributed by atoms with van der Waals surface area (Å²) in [6, 6.07) is 16.0. The maximum Gasteiger partial charge on any atom is 0.416 e. The number of alkyl halides is 5. The molecule has 1 amide bonds. The third-order valence-corrected chi connectivity index (χ3v) is 7.48. The molecule has 0 radical (unpaired) electrons. The molecule has 4 aromatic rings. The number of nitrogens with one attached hydrogen (secondary N) is 1. The average molecular weight is 667 g/mol. The van der Waals surface area contributed by atoms with Gasteiger partial charge in [0.05, 0.1) is 15.8 Å². The molecule has 3 aromatic carbocycles. The zero-order chi connectivity index (χ0) is 27.7. The highest BCUT2D eigenvalue weighted by molar-refractivity contribution is 9.24. The number of piperazine rings is 1. The number of carbonyl (C=O) groups excluding carboxylic acids is 1. The zero-order valence-corrected chi connectivity index (χ0v) is 23.7. The van der Waals surface area contributed by atoms with E-state index in [-0.39, 0.29) is 16.2 Å². The number of hydrogen-bond donors (Lipinski definition) is 2. The normalized spacial score (nSPS) is 14.8. The van der Waals surface area contributed by atoms with Crippen LogP contribution in [0.2, 0.25) is 0 Å². The molecular weight excluding hydrogens is 643 g/mol. The maximum absolute atomic E-state index is 12.8. The number of nitrogens with zero attached hydrogens (tertiary/aromatic N) is 3. The second-order valence-corrected chi connectivity index (χ2v) is 12.3. The van der Waals surface area contributed by atoms with Crippen LogP contribution in [0.5, 0.6) is 0 Å². The SMILES string of the molecule is Nc1cc(C(Br)Br)c2oc(-c3ccc(NC(=O)CN4CCN(c5ccc(C(F)(F)F)cc5)CC4)cc3)nc2c1. The summed E-state index contributed by atoms with van der Waals surface area (Å²) in [5.74, 6) is 0.301. The van der Waals surface area contributed by atoms with Crippen LogP contribution in [0.25, 0.3) is 22.6 Å². The average Bonchev–Trinajstić information content (AvgIpc) is 3.32. The number of nitrogens with two attached hydrogens (primary N) is 1. The van der Waals surface area contributed by atoms with Gasteiger partial charge >= 0.3 is 6.18 Å². The lowest BCUT2D eigenvalue weighted by atomic mass is 10.1. The van der Waals surface area contributed by atoms with Crippen molar-refractivity contribution < 1.29 is 22.4 Å². The van der Waals surface area contributed by atoms with E-state index in [2.05, 4.69) is 42.2 Å². The van der Waals surface area contributed by atoms with E-state index in [9.17, 15) is 18.0 Å². The van der Waals surface area contributed by atoms with Crippen LogP contribution in [0, 0.1) is 0 Å². The summed E-state index contributed by atoms with van der Waals surface area (Å²) >= 11 is 6.97. The summed E-state index contributed by atoms with van der Waals surface area (Å²) < 4.78 is 44.3. The minimum atomic E-state index is -4.35. The first kappa shape index (κ1) is 27.5. The number of oxazole rings is 1. The summed E-state index contributed by atoms with van der Waals surface area (Å²) in [6.45, 7) is 2.72. The van der Waals surface area contributed by atoms with Crippen molar-refractivity contribution in [1.29, 1.82) is 0 Å². The molecule has 12 heteroatoms. The molecule has 1 fully saturated rings. The summed E-state index contributed by atoms with van der Waals surface area (Å²) in [7, 11) is 0. The highest BCUT2D eigenvalue weighted by Gasteiger charge is 2.30. The molecule has 0 unspecified atom stereocenters. The van der Waals surface area contributed by atoms with Crippen molar-refractivity contribution in [1.82, 2.24) is 9.88 Å². The van der Waals surface area contributed by atoms with Crippen molar-refractivity contribution in [3.05, 3.63) is 71.8 Å². The monoisotopic (exact) mass is 665 g/mol. The van der Waals surface area contributed by atoms with Crippen LogP contribution < -0.4 is 16.0 Å². The Hall–Kier alpha value is -3.09. The van der Waals surface area contributed by atoms with Crippen LogP contribution in [0.15, 0.2) is 65.1 Å². The lowest BCUT2D eigenvalue weighted by molar-refractivity contribution is -0.137. The predicted octanol–water partition coefficient (Wildman–Crippen LogP) is 6.64. The van der Waals surface area contributed by atoms with E-state index in [1.807, 2.05) is 28.0 Å². The van der Waals surface area contributed by atoms with E-state index in [0.29, 0.717) is 54.5 Å². The number of halogens is 5. The van der Waals surface area contributed by atoms with Gasteiger partial charge in [-0.3, -0.25) is 9.69 Å². The van der Waals surface area contributed by atoms with Gasteiger partial charge in [-0.1, -0.05) is 31.9 Å². The first-order chi connectivity index (χ1) is 18.6.